The predicted octanol–water partition coefficient (Wildman–Crippen LogP) is 1.51. The number of oxazole rings is 1. The molecule has 2 rings (SSSR count). The van der Waals surface area contributed by atoms with E-state index in [9.17, 15) is 0 Å². The van der Waals surface area contributed by atoms with Gasteiger partial charge in [0.1, 0.15) is 5.76 Å². The van der Waals surface area contributed by atoms with Gasteiger partial charge in [-0.15, -0.1) is 0 Å². The zero-order chi connectivity index (χ0) is 10.5. The lowest BCUT2D eigenvalue weighted by Gasteiger charge is -2.21. The quantitative estimate of drug-likeness (QED) is 0.818. The SMILES string of the molecule is CNCc1ncoc1CC1CCCCO1. The molecule has 1 fully saturated rings. The van der Waals surface area contributed by atoms with Crippen LogP contribution in [0.2, 0.25) is 0 Å². The number of rotatable bonds is 4. The van der Waals surface area contributed by atoms with Crippen molar-refractivity contribution in [1.29, 1.82) is 0 Å². The van der Waals surface area contributed by atoms with Crippen LogP contribution in [0.15, 0.2) is 10.8 Å². The highest BCUT2D eigenvalue weighted by molar-refractivity contribution is 5.08. The first-order valence-electron chi connectivity index (χ1n) is 5.57. The van der Waals surface area contributed by atoms with E-state index in [1.807, 2.05) is 7.05 Å². The van der Waals surface area contributed by atoms with E-state index >= 15 is 0 Å². The Hall–Kier alpha value is -0.870. The molecule has 2 heterocycles. The van der Waals surface area contributed by atoms with Crippen molar-refractivity contribution in [1.82, 2.24) is 10.3 Å². The van der Waals surface area contributed by atoms with Crippen LogP contribution in [0.5, 0.6) is 0 Å². The van der Waals surface area contributed by atoms with Crippen molar-refractivity contribution < 1.29 is 9.15 Å². The minimum Gasteiger partial charge on any atom is -0.448 e. The summed E-state index contributed by atoms with van der Waals surface area (Å²) in [7, 11) is 1.91. The monoisotopic (exact) mass is 210 g/mol. The van der Waals surface area contributed by atoms with Crippen LogP contribution in [-0.2, 0) is 17.7 Å². The summed E-state index contributed by atoms with van der Waals surface area (Å²) >= 11 is 0. The third-order valence-electron chi connectivity index (χ3n) is 2.76. The van der Waals surface area contributed by atoms with Gasteiger partial charge in [-0.25, -0.2) is 4.98 Å². The van der Waals surface area contributed by atoms with Gasteiger partial charge in [0.05, 0.1) is 11.8 Å². The Bertz CT molecular complexity index is 293. The van der Waals surface area contributed by atoms with Crippen molar-refractivity contribution in [2.24, 2.45) is 0 Å². The van der Waals surface area contributed by atoms with E-state index < -0.39 is 0 Å². The van der Waals surface area contributed by atoms with Crippen LogP contribution in [0.4, 0.5) is 0 Å². The van der Waals surface area contributed by atoms with Crippen LogP contribution in [0.3, 0.4) is 0 Å². The number of nitrogens with one attached hydrogen (secondary N) is 1. The Morgan fingerprint density at radius 3 is 3.20 bits per heavy atom. The summed E-state index contributed by atoms with van der Waals surface area (Å²) in [5, 5.41) is 3.08. The molecule has 1 saturated heterocycles. The number of ether oxygens (including phenoxy) is 1. The average Bonchev–Trinajstić information content (AvgIpc) is 2.68. The van der Waals surface area contributed by atoms with Crippen LogP contribution < -0.4 is 5.32 Å². The standard InChI is InChI=1S/C11H18N2O2/c1-12-7-10-11(15-8-13-10)6-9-4-2-3-5-14-9/h8-9,12H,2-7H2,1H3. The molecular formula is C11H18N2O2. The predicted molar refractivity (Wildman–Crippen MR) is 56.6 cm³/mol. The highest BCUT2D eigenvalue weighted by atomic mass is 16.5. The minimum absolute atomic E-state index is 0.322. The van der Waals surface area contributed by atoms with Gasteiger partial charge in [-0.3, -0.25) is 0 Å². The van der Waals surface area contributed by atoms with Gasteiger partial charge in [0, 0.05) is 19.6 Å². The maximum Gasteiger partial charge on any atom is 0.181 e. The van der Waals surface area contributed by atoms with E-state index in [1.54, 1.807) is 0 Å². The van der Waals surface area contributed by atoms with E-state index in [4.69, 9.17) is 9.15 Å². The summed E-state index contributed by atoms with van der Waals surface area (Å²) in [5.74, 6) is 0.969. The largest absolute Gasteiger partial charge is 0.448 e. The van der Waals surface area contributed by atoms with E-state index in [-0.39, 0.29) is 0 Å². The van der Waals surface area contributed by atoms with Gasteiger partial charge < -0.3 is 14.5 Å². The maximum absolute atomic E-state index is 5.68. The number of hydrogen-bond acceptors (Lipinski definition) is 4. The van der Waals surface area contributed by atoms with Crippen molar-refractivity contribution in [3.05, 3.63) is 17.8 Å². The molecule has 0 bridgehead atoms. The van der Waals surface area contributed by atoms with Crippen LogP contribution in [0.25, 0.3) is 0 Å². The molecule has 15 heavy (non-hydrogen) atoms. The molecule has 4 heteroatoms. The summed E-state index contributed by atoms with van der Waals surface area (Å²) < 4.78 is 11.1. The highest BCUT2D eigenvalue weighted by Crippen LogP contribution is 2.18. The molecular weight excluding hydrogens is 192 g/mol. The summed E-state index contributed by atoms with van der Waals surface area (Å²) in [4.78, 5) is 4.19. The Kier molecular flexibility index (Phi) is 3.75. The molecule has 0 aromatic carbocycles. The molecule has 1 N–H and O–H groups in total. The molecule has 1 aromatic rings. The fourth-order valence-corrected chi connectivity index (χ4v) is 1.95. The van der Waals surface area contributed by atoms with E-state index in [2.05, 4.69) is 10.3 Å². The van der Waals surface area contributed by atoms with Crippen molar-refractivity contribution in [3.63, 3.8) is 0 Å². The summed E-state index contributed by atoms with van der Waals surface area (Å²) in [6.07, 6.45) is 6.29. The zero-order valence-electron chi connectivity index (χ0n) is 9.16. The second-order valence-corrected chi connectivity index (χ2v) is 3.95. The fraction of sp³-hybridized carbons (Fsp3) is 0.727. The molecule has 1 atom stereocenters. The lowest BCUT2D eigenvalue weighted by atomic mass is 10.0. The Labute approximate surface area is 90.0 Å². The lowest BCUT2D eigenvalue weighted by Crippen LogP contribution is -2.22. The minimum atomic E-state index is 0.322. The fourth-order valence-electron chi connectivity index (χ4n) is 1.95. The molecule has 0 saturated carbocycles. The van der Waals surface area contributed by atoms with Crippen LogP contribution >= 0.6 is 0 Å². The summed E-state index contributed by atoms with van der Waals surface area (Å²) in [6.45, 7) is 1.65. The smallest absolute Gasteiger partial charge is 0.181 e. The van der Waals surface area contributed by atoms with Gasteiger partial charge >= 0.3 is 0 Å². The molecule has 1 aromatic heterocycles. The lowest BCUT2D eigenvalue weighted by molar-refractivity contribution is 0.0138. The van der Waals surface area contributed by atoms with Gasteiger partial charge in [-0.1, -0.05) is 0 Å². The molecule has 0 amide bonds. The second kappa shape index (κ2) is 5.28. The Balaban J connectivity index is 1.93. The highest BCUT2D eigenvalue weighted by Gasteiger charge is 2.18. The maximum atomic E-state index is 5.68. The van der Waals surface area contributed by atoms with E-state index in [0.717, 1.165) is 37.4 Å². The number of aromatic nitrogens is 1. The van der Waals surface area contributed by atoms with E-state index in [0.29, 0.717) is 6.10 Å². The molecule has 1 aliphatic rings. The van der Waals surface area contributed by atoms with E-state index in [1.165, 1.54) is 19.2 Å². The third kappa shape index (κ3) is 2.79. The first-order chi connectivity index (χ1) is 7.40. The zero-order valence-corrected chi connectivity index (χ0v) is 9.16. The molecule has 1 aliphatic heterocycles. The van der Waals surface area contributed by atoms with Gasteiger partial charge in [0.2, 0.25) is 0 Å². The van der Waals surface area contributed by atoms with Crippen molar-refractivity contribution >= 4 is 0 Å². The van der Waals surface area contributed by atoms with Crippen molar-refractivity contribution in [2.45, 2.75) is 38.3 Å². The van der Waals surface area contributed by atoms with Gasteiger partial charge in [-0.2, -0.15) is 0 Å². The third-order valence-corrected chi connectivity index (χ3v) is 2.76. The van der Waals surface area contributed by atoms with Gasteiger partial charge in [0.25, 0.3) is 0 Å². The Morgan fingerprint density at radius 2 is 2.47 bits per heavy atom. The molecule has 4 nitrogen and oxygen atoms in total. The molecule has 0 aliphatic carbocycles. The van der Waals surface area contributed by atoms with Crippen molar-refractivity contribution in [2.75, 3.05) is 13.7 Å². The molecule has 0 radical (unpaired) electrons. The van der Waals surface area contributed by atoms with Crippen molar-refractivity contribution in [3.8, 4) is 0 Å². The summed E-state index contributed by atoms with van der Waals surface area (Å²) in [6, 6.07) is 0. The molecule has 0 spiro atoms. The number of nitrogens with zero attached hydrogens (tertiary/aromatic N) is 1. The first kappa shape index (κ1) is 10.6. The van der Waals surface area contributed by atoms with Crippen LogP contribution in [0.1, 0.15) is 30.7 Å². The topological polar surface area (TPSA) is 47.3 Å². The average molecular weight is 210 g/mol. The van der Waals surface area contributed by atoms with Crippen LogP contribution in [-0.4, -0.2) is 24.7 Å². The first-order valence-corrected chi connectivity index (χ1v) is 5.57. The normalized spacial score (nSPS) is 21.8. The second-order valence-electron chi connectivity index (χ2n) is 3.95. The van der Waals surface area contributed by atoms with Gasteiger partial charge in [-0.05, 0) is 26.3 Å². The van der Waals surface area contributed by atoms with Crippen LogP contribution in [0, 0.1) is 0 Å². The van der Waals surface area contributed by atoms with Gasteiger partial charge in [0.15, 0.2) is 6.39 Å². The number of hydrogen-bond donors (Lipinski definition) is 1. The molecule has 1 unspecified atom stereocenters. The molecule has 84 valence electrons. The Morgan fingerprint density at radius 1 is 1.53 bits per heavy atom. The summed E-state index contributed by atoms with van der Waals surface area (Å²) in [5.41, 5.74) is 1.01.